The lowest BCUT2D eigenvalue weighted by molar-refractivity contribution is -0.139. The minimum atomic E-state index is -0.847. The number of hydrogen-bond donors (Lipinski definition) is 1. The van der Waals surface area contributed by atoms with Crippen molar-refractivity contribution >= 4 is 5.97 Å². The van der Waals surface area contributed by atoms with Crippen LogP contribution in [-0.2, 0) is 9.53 Å². The molecule has 0 saturated heterocycles. The standard InChI is InChI=1S/C11H14O3/c1-8-5-3-4-6-9(8)10(14-2)7-11(12)13/h3-6,10H,7H2,1-2H3,(H,12,13). The van der Waals surface area contributed by atoms with Gasteiger partial charge in [-0.3, -0.25) is 4.79 Å². The fraction of sp³-hybridized carbons (Fsp3) is 0.364. The van der Waals surface area contributed by atoms with Crippen LogP contribution in [0.1, 0.15) is 23.7 Å². The van der Waals surface area contributed by atoms with E-state index < -0.39 is 5.97 Å². The summed E-state index contributed by atoms with van der Waals surface area (Å²) in [6, 6.07) is 7.65. The third kappa shape index (κ3) is 2.57. The van der Waals surface area contributed by atoms with E-state index in [9.17, 15) is 4.79 Å². The highest BCUT2D eigenvalue weighted by Crippen LogP contribution is 2.23. The molecule has 0 radical (unpaired) electrons. The molecule has 0 aromatic heterocycles. The SMILES string of the molecule is COC(CC(=O)O)c1ccccc1C. The van der Waals surface area contributed by atoms with Crippen LogP contribution in [0.3, 0.4) is 0 Å². The van der Waals surface area contributed by atoms with Crippen molar-refractivity contribution in [1.82, 2.24) is 0 Å². The molecular formula is C11H14O3. The van der Waals surface area contributed by atoms with E-state index in [4.69, 9.17) is 9.84 Å². The third-order valence-corrected chi connectivity index (χ3v) is 2.18. The van der Waals surface area contributed by atoms with Gasteiger partial charge >= 0.3 is 5.97 Å². The third-order valence-electron chi connectivity index (χ3n) is 2.18. The predicted molar refractivity (Wildman–Crippen MR) is 53.2 cm³/mol. The monoisotopic (exact) mass is 194 g/mol. The Bertz CT molecular complexity index is 320. The summed E-state index contributed by atoms with van der Waals surface area (Å²) in [4.78, 5) is 10.6. The summed E-state index contributed by atoms with van der Waals surface area (Å²) in [5.41, 5.74) is 2.00. The van der Waals surface area contributed by atoms with Gasteiger partial charge in [-0.1, -0.05) is 24.3 Å². The van der Waals surface area contributed by atoms with Gasteiger partial charge in [-0.05, 0) is 18.1 Å². The van der Waals surface area contributed by atoms with Crippen molar-refractivity contribution in [3.05, 3.63) is 35.4 Å². The maximum absolute atomic E-state index is 10.6. The van der Waals surface area contributed by atoms with E-state index in [-0.39, 0.29) is 12.5 Å². The molecule has 0 spiro atoms. The number of benzene rings is 1. The summed E-state index contributed by atoms with van der Waals surface area (Å²) in [5, 5.41) is 8.69. The fourth-order valence-corrected chi connectivity index (χ4v) is 1.43. The van der Waals surface area contributed by atoms with Crippen molar-refractivity contribution in [1.29, 1.82) is 0 Å². The molecule has 0 aliphatic rings. The van der Waals surface area contributed by atoms with Gasteiger partial charge in [-0.2, -0.15) is 0 Å². The first-order valence-electron chi connectivity index (χ1n) is 4.45. The van der Waals surface area contributed by atoms with Crippen LogP contribution in [0.2, 0.25) is 0 Å². The van der Waals surface area contributed by atoms with Crippen LogP contribution < -0.4 is 0 Å². The van der Waals surface area contributed by atoms with E-state index in [0.717, 1.165) is 11.1 Å². The van der Waals surface area contributed by atoms with Gasteiger partial charge in [0.25, 0.3) is 0 Å². The second-order valence-corrected chi connectivity index (χ2v) is 3.18. The molecule has 0 aliphatic heterocycles. The number of rotatable bonds is 4. The smallest absolute Gasteiger partial charge is 0.306 e. The van der Waals surface area contributed by atoms with Crippen LogP contribution in [-0.4, -0.2) is 18.2 Å². The topological polar surface area (TPSA) is 46.5 Å². The molecule has 3 nitrogen and oxygen atoms in total. The van der Waals surface area contributed by atoms with Gasteiger partial charge in [0.05, 0.1) is 12.5 Å². The average Bonchev–Trinajstić information content (AvgIpc) is 2.15. The zero-order chi connectivity index (χ0) is 10.6. The van der Waals surface area contributed by atoms with Crippen LogP contribution in [0.25, 0.3) is 0 Å². The van der Waals surface area contributed by atoms with Crippen LogP contribution in [0.5, 0.6) is 0 Å². The average molecular weight is 194 g/mol. The molecule has 3 heteroatoms. The zero-order valence-electron chi connectivity index (χ0n) is 8.36. The zero-order valence-corrected chi connectivity index (χ0v) is 8.36. The molecule has 1 rings (SSSR count). The van der Waals surface area contributed by atoms with Gasteiger partial charge in [0, 0.05) is 7.11 Å². The van der Waals surface area contributed by atoms with Gasteiger partial charge in [0.2, 0.25) is 0 Å². The summed E-state index contributed by atoms with van der Waals surface area (Å²) in [6.45, 7) is 1.95. The lowest BCUT2D eigenvalue weighted by Crippen LogP contribution is -2.09. The Labute approximate surface area is 83.3 Å². The molecule has 14 heavy (non-hydrogen) atoms. The molecule has 1 atom stereocenters. The molecule has 0 bridgehead atoms. The number of aryl methyl sites for hydroxylation is 1. The fourth-order valence-electron chi connectivity index (χ4n) is 1.43. The first kappa shape index (κ1) is 10.7. The lowest BCUT2D eigenvalue weighted by atomic mass is 10.0. The summed E-state index contributed by atoms with van der Waals surface area (Å²) in [7, 11) is 1.53. The molecule has 0 saturated carbocycles. The second-order valence-electron chi connectivity index (χ2n) is 3.18. The summed E-state index contributed by atoms with van der Waals surface area (Å²) >= 11 is 0. The van der Waals surface area contributed by atoms with E-state index in [1.165, 1.54) is 7.11 Å². The summed E-state index contributed by atoms with van der Waals surface area (Å²) in [5.74, 6) is -0.847. The summed E-state index contributed by atoms with van der Waals surface area (Å²) in [6.07, 6.45) is -0.352. The largest absolute Gasteiger partial charge is 0.481 e. The molecule has 0 fully saturated rings. The predicted octanol–water partition coefficient (Wildman–Crippen LogP) is 2.16. The Morgan fingerprint density at radius 2 is 2.14 bits per heavy atom. The number of carboxylic acid groups (broad SMARTS) is 1. The number of ether oxygens (including phenoxy) is 1. The molecule has 1 unspecified atom stereocenters. The van der Waals surface area contributed by atoms with Gasteiger partial charge in [-0.25, -0.2) is 0 Å². The second kappa shape index (κ2) is 4.77. The van der Waals surface area contributed by atoms with E-state index in [1.807, 2.05) is 31.2 Å². The Kier molecular flexibility index (Phi) is 3.65. The number of methoxy groups -OCH3 is 1. The first-order valence-corrected chi connectivity index (χ1v) is 4.45. The molecule has 0 amide bonds. The highest BCUT2D eigenvalue weighted by Gasteiger charge is 2.15. The first-order chi connectivity index (χ1) is 6.65. The maximum Gasteiger partial charge on any atom is 0.306 e. The minimum Gasteiger partial charge on any atom is -0.481 e. The number of aliphatic carboxylic acids is 1. The van der Waals surface area contributed by atoms with Gasteiger partial charge in [0.15, 0.2) is 0 Å². The van der Waals surface area contributed by atoms with Crippen molar-refractivity contribution in [2.75, 3.05) is 7.11 Å². The number of hydrogen-bond acceptors (Lipinski definition) is 2. The normalized spacial score (nSPS) is 12.4. The van der Waals surface area contributed by atoms with E-state index in [2.05, 4.69) is 0 Å². The molecule has 1 aromatic carbocycles. The Morgan fingerprint density at radius 3 is 2.64 bits per heavy atom. The highest BCUT2D eigenvalue weighted by atomic mass is 16.5. The van der Waals surface area contributed by atoms with Crippen LogP contribution >= 0.6 is 0 Å². The van der Waals surface area contributed by atoms with Crippen LogP contribution in [0.15, 0.2) is 24.3 Å². The summed E-state index contributed by atoms with van der Waals surface area (Å²) < 4.78 is 5.15. The highest BCUT2D eigenvalue weighted by molar-refractivity contribution is 5.67. The van der Waals surface area contributed by atoms with Crippen molar-refractivity contribution in [2.45, 2.75) is 19.4 Å². The van der Waals surface area contributed by atoms with Gasteiger partial charge < -0.3 is 9.84 Å². The van der Waals surface area contributed by atoms with E-state index >= 15 is 0 Å². The number of carbonyl (C=O) groups is 1. The van der Waals surface area contributed by atoms with Crippen molar-refractivity contribution in [3.63, 3.8) is 0 Å². The quantitative estimate of drug-likeness (QED) is 0.798. The molecule has 1 aromatic rings. The lowest BCUT2D eigenvalue weighted by Gasteiger charge is -2.15. The molecule has 0 aliphatic carbocycles. The van der Waals surface area contributed by atoms with Crippen molar-refractivity contribution < 1.29 is 14.6 Å². The number of carboxylic acids is 1. The van der Waals surface area contributed by atoms with Crippen LogP contribution in [0.4, 0.5) is 0 Å². The molecule has 76 valence electrons. The van der Waals surface area contributed by atoms with Gasteiger partial charge in [0.1, 0.15) is 0 Å². The van der Waals surface area contributed by atoms with Crippen molar-refractivity contribution in [3.8, 4) is 0 Å². The van der Waals surface area contributed by atoms with E-state index in [0.29, 0.717) is 0 Å². The minimum absolute atomic E-state index is 0.00134. The molecular weight excluding hydrogens is 180 g/mol. The Hall–Kier alpha value is -1.35. The van der Waals surface area contributed by atoms with E-state index in [1.54, 1.807) is 0 Å². The van der Waals surface area contributed by atoms with Crippen molar-refractivity contribution in [2.24, 2.45) is 0 Å². The molecule has 0 heterocycles. The van der Waals surface area contributed by atoms with Crippen LogP contribution in [0, 0.1) is 6.92 Å². The Balaban J connectivity index is 2.89. The molecule has 1 N–H and O–H groups in total. The van der Waals surface area contributed by atoms with Gasteiger partial charge in [-0.15, -0.1) is 0 Å². The Morgan fingerprint density at radius 1 is 1.50 bits per heavy atom. The maximum atomic E-state index is 10.6.